The van der Waals surface area contributed by atoms with Gasteiger partial charge in [0.25, 0.3) is 0 Å². The lowest BCUT2D eigenvalue weighted by molar-refractivity contribution is -0.111. The van der Waals surface area contributed by atoms with Crippen molar-refractivity contribution in [1.29, 1.82) is 0 Å². The summed E-state index contributed by atoms with van der Waals surface area (Å²) in [6.45, 7) is 5.20. The van der Waals surface area contributed by atoms with Gasteiger partial charge in [0.15, 0.2) is 5.78 Å². The molecule has 0 atom stereocenters. The second-order valence-electron chi connectivity index (χ2n) is 2.80. The molecule has 0 bridgehead atoms. The van der Waals surface area contributed by atoms with Crippen LogP contribution in [0.2, 0.25) is 0 Å². The summed E-state index contributed by atoms with van der Waals surface area (Å²) < 4.78 is 0. The fourth-order valence-electron chi connectivity index (χ4n) is 0.933. The lowest BCUT2D eigenvalue weighted by Gasteiger charge is -2.02. The standard InChI is InChI=1S/C10H16N2O2/c1-4-6-9(8(3)14)12-10(5-2)11-7-13/h5,7H,4,6H2,1-3H3,(H,11,13)/b10-5-,12-9+. The molecule has 0 aromatic carbocycles. The summed E-state index contributed by atoms with van der Waals surface area (Å²) in [5, 5.41) is 2.42. The van der Waals surface area contributed by atoms with Gasteiger partial charge < -0.3 is 5.32 Å². The third kappa shape index (κ3) is 4.54. The maximum Gasteiger partial charge on any atom is 0.212 e. The van der Waals surface area contributed by atoms with E-state index in [0.29, 0.717) is 24.4 Å². The van der Waals surface area contributed by atoms with E-state index in [9.17, 15) is 9.59 Å². The fourth-order valence-corrected chi connectivity index (χ4v) is 0.933. The molecule has 0 saturated heterocycles. The van der Waals surface area contributed by atoms with Gasteiger partial charge in [-0.2, -0.15) is 0 Å². The maximum atomic E-state index is 11.1. The minimum absolute atomic E-state index is 0.0566. The van der Waals surface area contributed by atoms with Crippen molar-refractivity contribution in [2.24, 2.45) is 4.99 Å². The Balaban J connectivity index is 4.68. The second kappa shape index (κ2) is 7.00. The highest BCUT2D eigenvalue weighted by Crippen LogP contribution is 1.99. The van der Waals surface area contributed by atoms with Gasteiger partial charge in [0.05, 0.1) is 5.71 Å². The van der Waals surface area contributed by atoms with Crippen LogP contribution >= 0.6 is 0 Å². The van der Waals surface area contributed by atoms with E-state index >= 15 is 0 Å². The van der Waals surface area contributed by atoms with Gasteiger partial charge in [-0.15, -0.1) is 0 Å². The predicted octanol–water partition coefficient (Wildman–Crippen LogP) is 1.42. The number of hydrogen-bond donors (Lipinski definition) is 1. The molecule has 0 aromatic rings. The van der Waals surface area contributed by atoms with Crippen LogP contribution in [0, 0.1) is 0 Å². The van der Waals surface area contributed by atoms with E-state index in [1.807, 2.05) is 6.92 Å². The molecule has 0 saturated carbocycles. The molecule has 0 aliphatic heterocycles. The van der Waals surface area contributed by atoms with E-state index in [-0.39, 0.29) is 5.78 Å². The third-order valence-corrected chi connectivity index (χ3v) is 1.63. The van der Waals surface area contributed by atoms with Gasteiger partial charge in [-0.3, -0.25) is 9.59 Å². The Bertz CT molecular complexity index is 267. The molecule has 0 aliphatic carbocycles. The number of nitrogens with zero attached hydrogens (tertiary/aromatic N) is 1. The summed E-state index contributed by atoms with van der Waals surface area (Å²) >= 11 is 0. The minimum atomic E-state index is -0.0566. The second-order valence-corrected chi connectivity index (χ2v) is 2.80. The smallest absolute Gasteiger partial charge is 0.212 e. The minimum Gasteiger partial charge on any atom is -0.314 e. The highest BCUT2D eigenvalue weighted by Gasteiger charge is 2.04. The first kappa shape index (κ1) is 12.6. The molecule has 14 heavy (non-hydrogen) atoms. The number of hydrogen-bond acceptors (Lipinski definition) is 3. The Kier molecular flexibility index (Phi) is 6.28. The van der Waals surface area contributed by atoms with Crippen LogP contribution in [0.1, 0.15) is 33.6 Å². The Morgan fingerprint density at radius 3 is 2.50 bits per heavy atom. The van der Waals surface area contributed by atoms with E-state index in [1.54, 1.807) is 13.0 Å². The van der Waals surface area contributed by atoms with Crippen LogP contribution in [-0.2, 0) is 9.59 Å². The third-order valence-electron chi connectivity index (χ3n) is 1.63. The number of Topliss-reactive ketones (excluding diaryl/α,β-unsaturated/α-hetero) is 1. The molecule has 0 unspecified atom stereocenters. The Labute approximate surface area is 84.1 Å². The Hall–Kier alpha value is -1.45. The number of allylic oxidation sites excluding steroid dienone is 1. The molecular formula is C10H16N2O2. The largest absolute Gasteiger partial charge is 0.314 e. The van der Waals surface area contributed by atoms with Crippen molar-refractivity contribution in [3.05, 3.63) is 11.9 Å². The van der Waals surface area contributed by atoms with E-state index in [2.05, 4.69) is 10.3 Å². The summed E-state index contributed by atoms with van der Waals surface area (Å²) in [5.41, 5.74) is 0.495. The van der Waals surface area contributed by atoms with E-state index in [1.165, 1.54) is 6.92 Å². The topological polar surface area (TPSA) is 58.5 Å². The Morgan fingerprint density at radius 1 is 1.50 bits per heavy atom. The lowest BCUT2D eigenvalue weighted by Crippen LogP contribution is -2.15. The molecule has 1 amide bonds. The monoisotopic (exact) mass is 196 g/mol. The summed E-state index contributed by atoms with van der Waals surface area (Å²) in [6, 6.07) is 0. The van der Waals surface area contributed by atoms with Gasteiger partial charge in [-0.25, -0.2) is 4.99 Å². The lowest BCUT2D eigenvalue weighted by atomic mass is 10.1. The molecule has 78 valence electrons. The number of nitrogens with one attached hydrogen (secondary N) is 1. The van der Waals surface area contributed by atoms with Crippen LogP contribution in [0.5, 0.6) is 0 Å². The van der Waals surface area contributed by atoms with Gasteiger partial charge in [0.1, 0.15) is 5.82 Å². The normalized spacial score (nSPS) is 12.5. The maximum absolute atomic E-state index is 11.1. The van der Waals surface area contributed by atoms with Gasteiger partial charge in [-0.1, -0.05) is 13.3 Å². The molecule has 4 nitrogen and oxygen atoms in total. The zero-order valence-electron chi connectivity index (χ0n) is 8.83. The van der Waals surface area contributed by atoms with Crippen molar-refractivity contribution in [3.63, 3.8) is 0 Å². The first-order valence-electron chi connectivity index (χ1n) is 4.60. The van der Waals surface area contributed by atoms with Gasteiger partial charge in [0.2, 0.25) is 6.41 Å². The summed E-state index contributed by atoms with van der Waals surface area (Å²) in [5.74, 6) is 0.359. The molecule has 0 rings (SSSR count). The van der Waals surface area contributed by atoms with Crippen molar-refractivity contribution in [1.82, 2.24) is 5.32 Å². The molecule has 0 aliphatic rings. The highest BCUT2D eigenvalue weighted by molar-refractivity contribution is 6.39. The van der Waals surface area contributed by atoms with Crippen LogP contribution in [0.15, 0.2) is 16.9 Å². The van der Waals surface area contributed by atoms with Crippen LogP contribution in [0.25, 0.3) is 0 Å². The number of ketones is 1. The van der Waals surface area contributed by atoms with Gasteiger partial charge >= 0.3 is 0 Å². The first-order valence-corrected chi connectivity index (χ1v) is 4.60. The molecule has 1 N–H and O–H groups in total. The van der Waals surface area contributed by atoms with Crippen molar-refractivity contribution in [2.75, 3.05) is 0 Å². The molecule has 0 fully saturated rings. The molecule has 4 heteroatoms. The Morgan fingerprint density at radius 2 is 2.14 bits per heavy atom. The van der Waals surface area contributed by atoms with Gasteiger partial charge in [0, 0.05) is 6.92 Å². The predicted molar refractivity (Wildman–Crippen MR) is 56.0 cm³/mol. The number of carbonyl (C=O) groups excluding carboxylic acids is 2. The number of rotatable bonds is 6. The fraction of sp³-hybridized carbons (Fsp3) is 0.500. The van der Waals surface area contributed by atoms with Crippen molar-refractivity contribution in [2.45, 2.75) is 33.6 Å². The van der Waals surface area contributed by atoms with E-state index in [0.717, 1.165) is 6.42 Å². The van der Waals surface area contributed by atoms with Crippen molar-refractivity contribution in [3.8, 4) is 0 Å². The average Bonchev–Trinajstić information content (AvgIpc) is 2.15. The summed E-state index contributed by atoms with van der Waals surface area (Å²) in [6.07, 6.45) is 3.68. The molecule has 0 spiro atoms. The van der Waals surface area contributed by atoms with Crippen LogP contribution < -0.4 is 5.32 Å². The SMILES string of the molecule is C/C=C(\N=C(/CCC)C(C)=O)NC=O. The first-order chi connectivity index (χ1) is 6.65. The summed E-state index contributed by atoms with van der Waals surface area (Å²) in [4.78, 5) is 25.4. The zero-order chi connectivity index (χ0) is 11.0. The highest BCUT2D eigenvalue weighted by atomic mass is 16.1. The van der Waals surface area contributed by atoms with Crippen LogP contribution in [-0.4, -0.2) is 17.9 Å². The molecular weight excluding hydrogens is 180 g/mol. The number of aliphatic imine (C=N–C) groups is 1. The van der Waals surface area contributed by atoms with E-state index in [4.69, 9.17) is 0 Å². The van der Waals surface area contributed by atoms with Crippen molar-refractivity contribution < 1.29 is 9.59 Å². The zero-order valence-corrected chi connectivity index (χ0v) is 8.83. The van der Waals surface area contributed by atoms with E-state index < -0.39 is 0 Å². The molecule has 0 heterocycles. The number of amides is 1. The number of carbonyl (C=O) groups is 2. The van der Waals surface area contributed by atoms with Crippen LogP contribution in [0.3, 0.4) is 0 Å². The van der Waals surface area contributed by atoms with Crippen molar-refractivity contribution >= 4 is 17.9 Å². The average molecular weight is 196 g/mol. The van der Waals surface area contributed by atoms with Crippen LogP contribution in [0.4, 0.5) is 0 Å². The summed E-state index contributed by atoms with van der Waals surface area (Å²) in [7, 11) is 0. The van der Waals surface area contributed by atoms with Gasteiger partial charge in [-0.05, 0) is 19.4 Å². The molecule has 0 radical (unpaired) electrons. The quantitative estimate of drug-likeness (QED) is 0.516. The molecule has 0 aromatic heterocycles.